The Morgan fingerprint density at radius 3 is 3.06 bits per heavy atom. The number of anilines is 1. The average molecular weight is 239 g/mol. The van der Waals surface area contributed by atoms with E-state index < -0.39 is 5.97 Å². The Morgan fingerprint density at radius 1 is 1.69 bits per heavy atom. The maximum Gasteiger partial charge on any atom is 0.347 e. The second-order valence-corrected chi connectivity index (χ2v) is 4.15. The van der Waals surface area contributed by atoms with Gasteiger partial charge in [0.2, 0.25) is 0 Å². The maximum absolute atomic E-state index is 10.6. The van der Waals surface area contributed by atoms with E-state index >= 15 is 0 Å². The summed E-state index contributed by atoms with van der Waals surface area (Å²) < 4.78 is 4.99. The molecule has 6 nitrogen and oxygen atoms in total. The molecule has 84 valence electrons. The van der Waals surface area contributed by atoms with E-state index in [0.717, 1.165) is 17.0 Å². The molecule has 0 aromatic carbocycles. The monoisotopic (exact) mass is 239 g/mol. The van der Waals surface area contributed by atoms with Crippen LogP contribution < -0.4 is 5.32 Å². The van der Waals surface area contributed by atoms with Crippen LogP contribution in [-0.4, -0.2) is 21.2 Å². The number of thiazole rings is 1. The molecule has 0 bridgehead atoms. The number of hydrogen-bond acceptors (Lipinski definition) is 6. The number of carbonyl (C=O) groups is 1. The lowest BCUT2D eigenvalue weighted by atomic mass is 10.4. The normalized spacial score (nSPS) is 10.3. The molecule has 0 atom stereocenters. The molecule has 2 N–H and O–H groups in total. The molecular formula is C9H9N3O3S. The quantitative estimate of drug-likeness (QED) is 0.845. The Labute approximate surface area is 94.9 Å². The van der Waals surface area contributed by atoms with Gasteiger partial charge < -0.3 is 14.9 Å². The van der Waals surface area contributed by atoms with Gasteiger partial charge in [0.25, 0.3) is 0 Å². The van der Waals surface area contributed by atoms with Crippen molar-refractivity contribution in [1.29, 1.82) is 0 Å². The molecular weight excluding hydrogens is 230 g/mol. The highest BCUT2D eigenvalue weighted by atomic mass is 32.1. The van der Waals surface area contributed by atoms with E-state index in [-0.39, 0.29) is 4.88 Å². The third-order valence-electron chi connectivity index (χ3n) is 1.81. The van der Waals surface area contributed by atoms with Crippen LogP contribution in [0.3, 0.4) is 0 Å². The molecule has 0 unspecified atom stereocenters. The lowest BCUT2D eigenvalue weighted by molar-refractivity contribution is 0.0702. The van der Waals surface area contributed by atoms with Crippen LogP contribution in [0.1, 0.15) is 21.1 Å². The van der Waals surface area contributed by atoms with Crippen molar-refractivity contribution in [3.63, 3.8) is 0 Å². The van der Waals surface area contributed by atoms with Gasteiger partial charge in [0.1, 0.15) is 4.88 Å². The van der Waals surface area contributed by atoms with Gasteiger partial charge in [-0.1, -0.05) is 16.5 Å². The van der Waals surface area contributed by atoms with Crippen molar-refractivity contribution in [1.82, 2.24) is 10.1 Å². The summed E-state index contributed by atoms with van der Waals surface area (Å²) in [6, 6.07) is 1.80. The molecule has 16 heavy (non-hydrogen) atoms. The van der Waals surface area contributed by atoms with Gasteiger partial charge in [-0.05, 0) is 6.92 Å². The number of aryl methyl sites for hydroxylation is 1. The molecule has 0 spiro atoms. The third kappa shape index (κ3) is 2.37. The highest BCUT2D eigenvalue weighted by Crippen LogP contribution is 2.18. The SMILES string of the molecule is Cc1cc(CNc2ncc(C(=O)O)s2)on1. The Hall–Kier alpha value is -1.89. The first-order valence-electron chi connectivity index (χ1n) is 4.50. The van der Waals surface area contributed by atoms with Crippen LogP contribution in [0.5, 0.6) is 0 Å². The van der Waals surface area contributed by atoms with E-state index in [4.69, 9.17) is 9.63 Å². The fourth-order valence-electron chi connectivity index (χ4n) is 1.12. The smallest absolute Gasteiger partial charge is 0.347 e. The van der Waals surface area contributed by atoms with Gasteiger partial charge in [-0.15, -0.1) is 0 Å². The van der Waals surface area contributed by atoms with Crippen molar-refractivity contribution in [3.8, 4) is 0 Å². The van der Waals surface area contributed by atoms with Gasteiger partial charge in [-0.25, -0.2) is 9.78 Å². The lowest BCUT2D eigenvalue weighted by Gasteiger charge is -1.96. The van der Waals surface area contributed by atoms with Gasteiger partial charge in [0.15, 0.2) is 10.9 Å². The minimum atomic E-state index is -0.971. The standard InChI is InChI=1S/C9H9N3O3S/c1-5-2-6(15-12-5)3-10-9-11-4-7(16-9)8(13)14/h2,4H,3H2,1H3,(H,10,11)(H,13,14). The van der Waals surface area contributed by atoms with Crippen LogP contribution in [0.2, 0.25) is 0 Å². The van der Waals surface area contributed by atoms with E-state index in [1.165, 1.54) is 6.20 Å². The van der Waals surface area contributed by atoms with Crippen molar-refractivity contribution in [2.24, 2.45) is 0 Å². The Balaban J connectivity index is 1.97. The number of nitrogens with one attached hydrogen (secondary N) is 1. The molecule has 2 aromatic heterocycles. The molecule has 0 saturated heterocycles. The molecule has 2 rings (SSSR count). The van der Waals surface area contributed by atoms with Crippen LogP contribution in [0.4, 0.5) is 5.13 Å². The van der Waals surface area contributed by atoms with Crippen LogP contribution in [0.15, 0.2) is 16.8 Å². The minimum Gasteiger partial charge on any atom is -0.477 e. The van der Waals surface area contributed by atoms with E-state index in [9.17, 15) is 4.79 Å². The third-order valence-corrected chi connectivity index (χ3v) is 2.75. The zero-order chi connectivity index (χ0) is 11.5. The molecule has 0 saturated carbocycles. The van der Waals surface area contributed by atoms with Crippen molar-refractivity contribution < 1.29 is 14.4 Å². The van der Waals surface area contributed by atoms with Gasteiger partial charge in [-0.3, -0.25) is 0 Å². The summed E-state index contributed by atoms with van der Waals surface area (Å²) in [6.45, 7) is 2.27. The largest absolute Gasteiger partial charge is 0.477 e. The molecule has 0 aliphatic heterocycles. The number of carboxylic acid groups (broad SMARTS) is 1. The molecule has 0 radical (unpaired) electrons. The Kier molecular flexibility index (Phi) is 2.86. The summed E-state index contributed by atoms with van der Waals surface area (Å²) in [5, 5.41) is 15.9. The Bertz CT molecular complexity index is 506. The van der Waals surface area contributed by atoms with Crippen molar-refractivity contribution in [2.45, 2.75) is 13.5 Å². The number of carboxylic acids is 1. The topological polar surface area (TPSA) is 88.2 Å². The zero-order valence-corrected chi connectivity index (χ0v) is 9.24. The maximum atomic E-state index is 10.6. The summed E-state index contributed by atoms with van der Waals surface area (Å²) in [6.07, 6.45) is 1.32. The highest BCUT2D eigenvalue weighted by molar-refractivity contribution is 7.17. The van der Waals surface area contributed by atoms with Crippen molar-refractivity contribution in [2.75, 3.05) is 5.32 Å². The minimum absolute atomic E-state index is 0.205. The predicted molar refractivity (Wildman–Crippen MR) is 57.6 cm³/mol. The predicted octanol–water partition coefficient (Wildman–Crippen LogP) is 1.75. The summed E-state index contributed by atoms with van der Waals surface area (Å²) >= 11 is 1.08. The van der Waals surface area contributed by atoms with Gasteiger partial charge in [-0.2, -0.15) is 0 Å². The summed E-state index contributed by atoms with van der Waals surface area (Å²) in [5.41, 5.74) is 0.808. The summed E-state index contributed by atoms with van der Waals surface area (Å²) in [4.78, 5) is 14.7. The number of rotatable bonds is 4. The fraction of sp³-hybridized carbons (Fsp3) is 0.222. The van der Waals surface area contributed by atoms with Gasteiger partial charge in [0, 0.05) is 6.07 Å². The van der Waals surface area contributed by atoms with E-state index in [2.05, 4.69) is 15.5 Å². The van der Waals surface area contributed by atoms with Crippen LogP contribution in [-0.2, 0) is 6.54 Å². The van der Waals surface area contributed by atoms with E-state index in [0.29, 0.717) is 17.4 Å². The first kappa shape index (κ1) is 10.6. The molecule has 0 amide bonds. The van der Waals surface area contributed by atoms with Crippen LogP contribution in [0, 0.1) is 6.92 Å². The lowest BCUT2D eigenvalue weighted by Crippen LogP contribution is -1.96. The fourth-order valence-corrected chi connectivity index (χ4v) is 1.77. The number of aromatic nitrogens is 2. The second-order valence-electron chi connectivity index (χ2n) is 3.12. The summed E-state index contributed by atoms with van der Waals surface area (Å²) in [7, 11) is 0. The molecule has 0 aliphatic carbocycles. The van der Waals surface area contributed by atoms with Crippen LogP contribution >= 0.6 is 11.3 Å². The molecule has 0 fully saturated rings. The summed E-state index contributed by atoms with van der Waals surface area (Å²) in [5.74, 6) is -0.286. The van der Waals surface area contributed by atoms with Crippen LogP contribution in [0.25, 0.3) is 0 Å². The number of nitrogens with zero attached hydrogens (tertiary/aromatic N) is 2. The number of aromatic carboxylic acids is 1. The zero-order valence-electron chi connectivity index (χ0n) is 8.43. The van der Waals surface area contributed by atoms with Gasteiger partial charge >= 0.3 is 5.97 Å². The molecule has 7 heteroatoms. The van der Waals surface area contributed by atoms with E-state index in [1.807, 2.05) is 6.92 Å². The van der Waals surface area contributed by atoms with Gasteiger partial charge in [0.05, 0.1) is 18.4 Å². The molecule has 2 aromatic rings. The first-order chi connectivity index (χ1) is 7.65. The average Bonchev–Trinajstić information content (AvgIpc) is 2.83. The molecule has 0 aliphatic rings. The highest BCUT2D eigenvalue weighted by Gasteiger charge is 2.08. The second kappa shape index (κ2) is 4.31. The van der Waals surface area contributed by atoms with E-state index in [1.54, 1.807) is 6.07 Å². The first-order valence-corrected chi connectivity index (χ1v) is 5.32. The Morgan fingerprint density at radius 2 is 2.50 bits per heavy atom. The van der Waals surface area contributed by atoms with Crippen molar-refractivity contribution in [3.05, 3.63) is 28.6 Å². The number of hydrogen-bond donors (Lipinski definition) is 2. The van der Waals surface area contributed by atoms with Crippen molar-refractivity contribution >= 4 is 22.4 Å². The molecule has 2 heterocycles.